The minimum absolute atomic E-state index is 0. The number of hydrogen-bond acceptors (Lipinski definition) is 4. The zero-order valence-electron chi connectivity index (χ0n) is 16.1. The SMILES string of the molecule is O=C(SCCC(=O)N1c2ccccc2CCC1C(=O)O)c1ccccc1.[H-].[Na+]. The minimum Gasteiger partial charge on any atom is -1.00 e. The zero-order chi connectivity index (χ0) is 18.5. The van der Waals surface area contributed by atoms with Crippen LogP contribution in [-0.4, -0.2) is 33.9 Å². The number of thioether (sulfide) groups is 1. The van der Waals surface area contributed by atoms with E-state index in [1.165, 1.54) is 4.90 Å². The molecule has 0 saturated heterocycles. The van der Waals surface area contributed by atoms with E-state index in [1.807, 2.05) is 18.2 Å². The number of carbonyl (C=O) groups excluding carboxylic acids is 2. The fourth-order valence-electron chi connectivity index (χ4n) is 3.10. The molecule has 1 atom stereocenters. The molecule has 1 heterocycles. The fraction of sp³-hybridized carbons (Fsp3) is 0.250. The van der Waals surface area contributed by atoms with E-state index in [1.54, 1.807) is 36.4 Å². The first-order valence-corrected chi connectivity index (χ1v) is 9.41. The summed E-state index contributed by atoms with van der Waals surface area (Å²) in [6.45, 7) is 0. The summed E-state index contributed by atoms with van der Waals surface area (Å²) in [6, 6.07) is 15.4. The summed E-state index contributed by atoms with van der Waals surface area (Å²) < 4.78 is 0. The van der Waals surface area contributed by atoms with Gasteiger partial charge in [-0.05, 0) is 24.5 Å². The van der Waals surface area contributed by atoms with E-state index in [0.717, 1.165) is 17.3 Å². The molecule has 3 rings (SSSR count). The summed E-state index contributed by atoms with van der Waals surface area (Å²) in [6.07, 6.45) is 1.15. The van der Waals surface area contributed by atoms with Gasteiger partial charge in [-0.3, -0.25) is 14.5 Å². The number of fused-ring (bicyclic) bond motifs is 1. The summed E-state index contributed by atoms with van der Waals surface area (Å²) in [5.41, 5.74) is 2.23. The standard InChI is InChI=1S/C20H19NO4S.Na.H/c22-18(12-13-26-20(25)15-7-2-1-3-8-15)21-16-9-5-4-6-14(16)10-11-17(21)19(23)24;;/h1-9,17H,10-13H2,(H,23,24);;/q;+1;-1. The number of hydrogen-bond donors (Lipinski definition) is 1. The second-order valence-electron chi connectivity index (χ2n) is 6.04. The Kier molecular flexibility index (Phi) is 8.10. The van der Waals surface area contributed by atoms with Gasteiger partial charge >= 0.3 is 35.5 Å². The maximum atomic E-state index is 12.7. The number of carbonyl (C=O) groups is 3. The molecule has 27 heavy (non-hydrogen) atoms. The van der Waals surface area contributed by atoms with Gasteiger partial charge in [0.25, 0.3) is 0 Å². The van der Waals surface area contributed by atoms with Crippen molar-refractivity contribution in [2.45, 2.75) is 25.3 Å². The topological polar surface area (TPSA) is 74.7 Å². The van der Waals surface area contributed by atoms with Crippen LogP contribution in [0.5, 0.6) is 0 Å². The summed E-state index contributed by atoms with van der Waals surface area (Å²) in [7, 11) is 0. The van der Waals surface area contributed by atoms with Crippen LogP contribution in [0.15, 0.2) is 54.6 Å². The van der Waals surface area contributed by atoms with Gasteiger partial charge in [0.15, 0.2) is 0 Å². The number of nitrogens with zero attached hydrogens (tertiary/aromatic N) is 1. The monoisotopic (exact) mass is 393 g/mol. The number of amides is 1. The van der Waals surface area contributed by atoms with Gasteiger partial charge in [0.1, 0.15) is 6.04 Å². The van der Waals surface area contributed by atoms with Crippen LogP contribution in [0.25, 0.3) is 0 Å². The third-order valence-corrected chi connectivity index (χ3v) is 5.27. The number of carboxylic acids is 1. The molecule has 1 aliphatic heterocycles. The van der Waals surface area contributed by atoms with Crippen molar-refractivity contribution in [3.05, 3.63) is 65.7 Å². The van der Waals surface area contributed by atoms with Gasteiger partial charge in [-0.1, -0.05) is 60.3 Å². The molecule has 1 unspecified atom stereocenters. The molecule has 5 nitrogen and oxygen atoms in total. The van der Waals surface area contributed by atoms with Gasteiger partial charge in [0.2, 0.25) is 11.0 Å². The van der Waals surface area contributed by atoms with Gasteiger partial charge in [-0.15, -0.1) is 0 Å². The third-order valence-electron chi connectivity index (χ3n) is 4.36. The minimum atomic E-state index is -0.999. The van der Waals surface area contributed by atoms with Crippen LogP contribution in [0, 0.1) is 0 Å². The Hall–Kier alpha value is -1.60. The first kappa shape index (κ1) is 21.7. The van der Waals surface area contributed by atoms with Gasteiger partial charge in [0, 0.05) is 23.4 Å². The van der Waals surface area contributed by atoms with Gasteiger partial charge < -0.3 is 6.53 Å². The van der Waals surface area contributed by atoms with Crippen LogP contribution in [0.3, 0.4) is 0 Å². The summed E-state index contributed by atoms with van der Waals surface area (Å²) in [5, 5.41) is 9.40. The van der Waals surface area contributed by atoms with E-state index in [2.05, 4.69) is 0 Å². The van der Waals surface area contributed by atoms with Crippen LogP contribution < -0.4 is 34.5 Å². The number of anilines is 1. The summed E-state index contributed by atoms with van der Waals surface area (Å²) in [5.74, 6) is -0.948. The van der Waals surface area contributed by atoms with Crippen LogP contribution >= 0.6 is 11.8 Å². The maximum Gasteiger partial charge on any atom is 1.00 e. The molecular formula is C20H20NNaO4S. The molecule has 1 N–H and O–H groups in total. The van der Waals surface area contributed by atoms with E-state index in [-0.39, 0.29) is 48.4 Å². The Balaban J connectivity index is 0.00000196. The van der Waals surface area contributed by atoms with Crippen molar-refractivity contribution in [3.8, 4) is 0 Å². The number of aryl methyl sites for hydroxylation is 1. The van der Waals surface area contributed by atoms with Crippen molar-refractivity contribution >= 4 is 34.4 Å². The fourth-order valence-corrected chi connectivity index (χ4v) is 3.86. The molecule has 2 aromatic rings. The van der Waals surface area contributed by atoms with Crippen LogP contribution in [0.1, 0.15) is 30.2 Å². The number of carboxylic acid groups (broad SMARTS) is 1. The maximum absolute atomic E-state index is 12.7. The smallest absolute Gasteiger partial charge is 1.00 e. The molecule has 0 radical (unpaired) electrons. The Morgan fingerprint density at radius 2 is 1.74 bits per heavy atom. The van der Waals surface area contributed by atoms with Crippen molar-refractivity contribution in [3.63, 3.8) is 0 Å². The average Bonchev–Trinajstić information content (AvgIpc) is 2.67. The largest absolute Gasteiger partial charge is 1.00 e. The molecule has 0 aliphatic carbocycles. The predicted molar refractivity (Wildman–Crippen MR) is 103 cm³/mol. The van der Waals surface area contributed by atoms with Crippen molar-refractivity contribution in [2.75, 3.05) is 10.7 Å². The van der Waals surface area contributed by atoms with E-state index in [9.17, 15) is 19.5 Å². The summed E-state index contributed by atoms with van der Waals surface area (Å²) in [4.78, 5) is 37.8. The van der Waals surface area contributed by atoms with E-state index < -0.39 is 12.0 Å². The average molecular weight is 393 g/mol. The number of benzene rings is 2. The molecule has 0 saturated carbocycles. The molecule has 0 aromatic heterocycles. The second kappa shape index (κ2) is 10.1. The predicted octanol–water partition coefficient (Wildman–Crippen LogP) is 0.499. The first-order chi connectivity index (χ1) is 12.6. The van der Waals surface area contributed by atoms with Crippen LogP contribution in [-0.2, 0) is 16.0 Å². The molecule has 136 valence electrons. The van der Waals surface area contributed by atoms with Crippen molar-refractivity contribution in [1.82, 2.24) is 0 Å². The molecule has 1 aliphatic rings. The van der Waals surface area contributed by atoms with Crippen molar-refractivity contribution in [1.29, 1.82) is 0 Å². The van der Waals surface area contributed by atoms with Crippen LogP contribution in [0.4, 0.5) is 5.69 Å². The number of para-hydroxylation sites is 1. The normalized spacial score (nSPS) is 15.4. The number of rotatable bonds is 5. The summed E-state index contributed by atoms with van der Waals surface area (Å²) >= 11 is 1.08. The molecule has 0 bridgehead atoms. The number of aliphatic carboxylic acids is 1. The van der Waals surface area contributed by atoms with Gasteiger partial charge in [-0.25, -0.2) is 4.79 Å². The van der Waals surface area contributed by atoms with Crippen molar-refractivity contribution in [2.24, 2.45) is 0 Å². The van der Waals surface area contributed by atoms with Crippen molar-refractivity contribution < 1.29 is 50.5 Å². The Bertz CT molecular complexity index is 834. The quantitative estimate of drug-likeness (QED) is 0.749. The Labute approximate surface area is 185 Å². The molecule has 1 amide bonds. The molecule has 0 spiro atoms. The Morgan fingerprint density at radius 3 is 2.44 bits per heavy atom. The van der Waals surface area contributed by atoms with Gasteiger partial charge in [0.05, 0.1) is 0 Å². The van der Waals surface area contributed by atoms with E-state index in [4.69, 9.17) is 0 Å². The van der Waals surface area contributed by atoms with E-state index >= 15 is 0 Å². The van der Waals surface area contributed by atoms with Gasteiger partial charge in [-0.2, -0.15) is 0 Å². The zero-order valence-corrected chi connectivity index (χ0v) is 17.9. The van der Waals surface area contributed by atoms with Crippen LogP contribution in [0.2, 0.25) is 0 Å². The Morgan fingerprint density at radius 1 is 1.07 bits per heavy atom. The molecule has 0 fully saturated rings. The third kappa shape index (κ3) is 5.23. The molecule has 7 heteroatoms. The first-order valence-electron chi connectivity index (χ1n) is 8.43. The van der Waals surface area contributed by atoms with E-state index in [0.29, 0.717) is 29.8 Å². The molecular weight excluding hydrogens is 373 g/mol. The second-order valence-corrected chi connectivity index (χ2v) is 7.10. The molecule has 2 aromatic carbocycles.